The summed E-state index contributed by atoms with van der Waals surface area (Å²) < 4.78 is 0. The number of hydrogen-bond donors (Lipinski definition) is 1. The summed E-state index contributed by atoms with van der Waals surface area (Å²) in [6.07, 6.45) is 1.95. The van der Waals surface area contributed by atoms with Gasteiger partial charge < -0.3 is 0 Å². The van der Waals surface area contributed by atoms with Gasteiger partial charge in [0.2, 0.25) is 0 Å². The number of nitrogens with zero attached hydrogens (tertiary/aromatic N) is 1. The second-order valence-electron chi connectivity index (χ2n) is 4.07. The normalized spacial score (nSPS) is 13.9. The Morgan fingerprint density at radius 3 is 1.69 bits per heavy atom. The van der Waals surface area contributed by atoms with Crippen LogP contribution in [0.4, 0.5) is 11.4 Å². The Balaban J connectivity index is 2.18. The lowest BCUT2D eigenvalue weighted by molar-refractivity contribution is 0.300. The second kappa shape index (κ2) is 3.65. The Morgan fingerprint density at radius 1 is 0.750 bits per heavy atom. The minimum absolute atomic E-state index is 0.896. The zero-order chi connectivity index (χ0) is 11.0. The van der Waals surface area contributed by atoms with Gasteiger partial charge in [0, 0.05) is 0 Å². The van der Waals surface area contributed by atoms with Crippen molar-refractivity contribution in [3.63, 3.8) is 0 Å². The highest BCUT2D eigenvalue weighted by Gasteiger charge is 2.17. The van der Waals surface area contributed by atoms with Gasteiger partial charge in [-0.1, -0.05) is 36.4 Å². The molecule has 1 heterocycles. The molecule has 2 heteroatoms. The van der Waals surface area contributed by atoms with E-state index in [4.69, 9.17) is 0 Å². The van der Waals surface area contributed by atoms with Gasteiger partial charge in [-0.3, -0.25) is 5.21 Å². The standard InChI is InChI=1S/C14H13NO/c16-15-13-7-3-1-5-11(13)9-10-12-6-2-4-8-14(12)15/h1-8,16H,9-10H2. The molecule has 0 atom stereocenters. The van der Waals surface area contributed by atoms with Crippen molar-refractivity contribution in [2.24, 2.45) is 0 Å². The molecule has 1 aliphatic rings. The van der Waals surface area contributed by atoms with Crippen molar-refractivity contribution in [1.29, 1.82) is 0 Å². The molecule has 0 spiro atoms. The first-order chi connectivity index (χ1) is 7.86. The molecular formula is C14H13NO. The molecule has 1 aliphatic heterocycles. The van der Waals surface area contributed by atoms with E-state index in [1.807, 2.05) is 36.4 Å². The lowest BCUT2D eigenvalue weighted by Crippen LogP contribution is -2.11. The first-order valence-corrected chi connectivity index (χ1v) is 5.51. The van der Waals surface area contributed by atoms with Crippen molar-refractivity contribution in [2.45, 2.75) is 12.8 Å². The monoisotopic (exact) mass is 211 g/mol. The van der Waals surface area contributed by atoms with E-state index in [1.165, 1.54) is 16.2 Å². The maximum absolute atomic E-state index is 10.2. The summed E-state index contributed by atoms with van der Waals surface area (Å²) in [5.41, 5.74) is 4.18. The summed E-state index contributed by atoms with van der Waals surface area (Å²) in [5, 5.41) is 11.5. The topological polar surface area (TPSA) is 23.5 Å². The van der Waals surface area contributed by atoms with Crippen molar-refractivity contribution in [3.05, 3.63) is 59.7 Å². The molecular weight excluding hydrogens is 198 g/mol. The van der Waals surface area contributed by atoms with Gasteiger partial charge in [-0.25, -0.2) is 5.06 Å². The summed E-state index contributed by atoms with van der Waals surface area (Å²) in [5.74, 6) is 0. The molecule has 0 aliphatic carbocycles. The summed E-state index contributed by atoms with van der Waals surface area (Å²) in [7, 11) is 0. The van der Waals surface area contributed by atoms with E-state index in [0.717, 1.165) is 24.2 Å². The Morgan fingerprint density at radius 2 is 1.19 bits per heavy atom. The van der Waals surface area contributed by atoms with Gasteiger partial charge in [0.25, 0.3) is 0 Å². The fraction of sp³-hybridized carbons (Fsp3) is 0.143. The number of anilines is 2. The number of hydrogen-bond acceptors (Lipinski definition) is 2. The molecule has 0 unspecified atom stereocenters. The quantitative estimate of drug-likeness (QED) is 0.722. The van der Waals surface area contributed by atoms with Crippen LogP contribution in [-0.2, 0) is 12.8 Å². The van der Waals surface area contributed by atoms with E-state index < -0.39 is 0 Å². The fourth-order valence-corrected chi connectivity index (χ4v) is 2.26. The van der Waals surface area contributed by atoms with E-state index in [1.54, 1.807) is 0 Å². The molecule has 3 rings (SSSR count). The number of rotatable bonds is 0. The third-order valence-corrected chi connectivity index (χ3v) is 3.10. The predicted molar refractivity (Wildman–Crippen MR) is 64.2 cm³/mol. The lowest BCUT2D eigenvalue weighted by Gasteiger charge is -2.18. The smallest absolute Gasteiger partial charge is 0.0725 e. The van der Waals surface area contributed by atoms with Crippen molar-refractivity contribution in [1.82, 2.24) is 0 Å². The zero-order valence-electron chi connectivity index (χ0n) is 8.93. The molecule has 2 nitrogen and oxygen atoms in total. The fourth-order valence-electron chi connectivity index (χ4n) is 2.26. The Hall–Kier alpha value is -1.80. The Kier molecular flexibility index (Phi) is 2.15. The molecule has 0 saturated carbocycles. The summed E-state index contributed by atoms with van der Waals surface area (Å²) in [6, 6.07) is 16.0. The van der Waals surface area contributed by atoms with Crippen molar-refractivity contribution < 1.29 is 5.21 Å². The van der Waals surface area contributed by atoms with Gasteiger partial charge >= 0.3 is 0 Å². The summed E-state index contributed by atoms with van der Waals surface area (Å²) >= 11 is 0. The van der Waals surface area contributed by atoms with E-state index in [-0.39, 0.29) is 0 Å². The highest BCUT2D eigenvalue weighted by atomic mass is 16.5. The van der Waals surface area contributed by atoms with Crippen molar-refractivity contribution in [2.75, 3.05) is 5.06 Å². The summed E-state index contributed by atoms with van der Waals surface area (Å²) in [6.45, 7) is 0. The summed E-state index contributed by atoms with van der Waals surface area (Å²) in [4.78, 5) is 0. The van der Waals surface area contributed by atoms with E-state index in [9.17, 15) is 5.21 Å². The SMILES string of the molecule is ON1c2ccccc2CCc2ccccc21. The molecule has 0 radical (unpaired) electrons. The van der Waals surface area contributed by atoms with Gasteiger partial charge in [-0.2, -0.15) is 0 Å². The first-order valence-electron chi connectivity index (χ1n) is 5.51. The maximum Gasteiger partial charge on any atom is 0.0725 e. The molecule has 0 fully saturated rings. The van der Waals surface area contributed by atoms with Gasteiger partial charge in [0.1, 0.15) is 0 Å². The van der Waals surface area contributed by atoms with Crippen LogP contribution in [0.3, 0.4) is 0 Å². The predicted octanol–water partition coefficient (Wildman–Crippen LogP) is 3.31. The van der Waals surface area contributed by atoms with Crippen LogP contribution in [0.5, 0.6) is 0 Å². The molecule has 0 bridgehead atoms. The molecule has 0 aromatic heterocycles. The number of aryl methyl sites for hydroxylation is 2. The van der Waals surface area contributed by atoms with Crippen LogP contribution in [0.1, 0.15) is 11.1 Å². The van der Waals surface area contributed by atoms with Gasteiger partial charge in [0.05, 0.1) is 11.4 Å². The van der Waals surface area contributed by atoms with Crippen LogP contribution in [0, 0.1) is 0 Å². The van der Waals surface area contributed by atoms with Gasteiger partial charge in [0.15, 0.2) is 0 Å². The minimum Gasteiger partial charge on any atom is -0.283 e. The molecule has 0 amide bonds. The Labute approximate surface area is 94.7 Å². The second-order valence-corrected chi connectivity index (χ2v) is 4.07. The average Bonchev–Trinajstić information content (AvgIpc) is 2.49. The molecule has 2 aromatic carbocycles. The number of para-hydroxylation sites is 2. The van der Waals surface area contributed by atoms with Crippen LogP contribution in [0.25, 0.3) is 0 Å². The first kappa shape index (κ1) is 9.43. The largest absolute Gasteiger partial charge is 0.283 e. The van der Waals surface area contributed by atoms with Crippen LogP contribution >= 0.6 is 0 Å². The minimum atomic E-state index is 0.896. The molecule has 2 aromatic rings. The van der Waals surface area contributed by atoms with E-state index >= 15 is 0 Å². The van der Waals surface area contributed by atoms with Crippen LogP contribution < -0.4 is 5.06 Å². The molecule has 1 N–H and O–H groups in total. The highest BCUT2D eigenvalue weighted by molar-refractivity contribution is 5.68. The third-order valence-electron chi connectivity index (χ3n) is 3.10. The van der Waals surface area contributed by atoms with Crippen molar-refractivity contribution in [3.8, 4) is 0 Å². The molecule has 0 saturated heterocycles. The zero-order valence-corrected chi connectivity index (χ0v) is 8.93. The number of benzene rings is 2. The molecule has 80 valence electrons. The van der Waals surface area contributed by atoms with E-state index in [2.05, 4.69) is 12.1 Å². The Bertz CT molecular complexity index is 474. The third kappa shape index (κ3) is 1.39. The van der Waals surface area contributed by atoms with Crippen LogP contribution in [0.15, 0.2) is 48.5 Å². The highest BCUT2D eigenvalue weighted by Crippen LogP contribution is 2.33. The van der Waals surface area contributed by atoms with Crippen LogP contribution in [0.2, 0.25) is 0 Å². The van der Waals surface area contributed by atoms with Crippen molar-refractivity contribution >= 4 is 11.4 Å². The van der Waals surface area contributed by atoms with Gasteiger partial charge in [-0.05, 0) is 36.1 Å². The molecule has 16 heavy (non-hydrogen) atoms. The average molecular weight is 211 g/mol. The van der Waals surface area contributed by atoms with E-state index in [0.29, 0.717) is 0 Å². The van der Waals surface area contributed by atoms with Crippen LogP contribution in [-0.4, -0.2) is 5.21 Å². The lowest BCUT2D eigenvalue weighted by atomic mass is 10.0. The maximum atomic E-state index is 10.2. The van der Waals surface area contributed by atoms with Gasteiger partial charge in [-0.15, -0.1) is 0 Å². The number of fused-ring (bicyclic) bond motifs is 2.